The van der Waals surface area contributed by atoms with Crippen LogP contribution in [0.3, 0.4) is 0 Å². The van der Waals surface area contributed by atoms with Gasteiger partial charge in [0.25, 0.3) is 0 Å². The minimum atomic E-state index is 0.537. The molecule has 0 atom stereocenters. The van der Waals surface area contributed by atoms with Crippen LogP contribution in [0.2, 0.25) is 0 Å². The summed E-state index contributed by atoms with van der Waals surface area (Å²) in [6, 6.07) is 2.12. The van der Waals surface area contributed by atoms with Gasteiger partial charge < -0.3 is 0 Å². The zero-order chi connectivity index (χ0) is 7.72. The third-order valence-corrected chi connectivity index (χ3v) is 2.44. The molecule has 1 heterocycles. The van der Waals surface area contributed by atoms with Crippen molar-refractivity contribution in [2.24, 2.45) is 7.05 Å². The van der Waals surface area contributed by atoms with Crippen LogP contribution in [-0.4, -0.2) is 9.78 Å². The second-order valence-electron chi connectivity index (χ2n) is 2.67. The van der Waals surface area contributed by atoms with E-state index in [4.69, 9.17) is 0 Å². The van der Waals surface area contributed by atoms with Gasteiger partial charge in [-0.15, -0.1) is 0 Å². The Hall–Kier alpha value is -0.0600. The van der Waals surface area contributed by atoms with Crippen molar-refractivity contribution in [2.75, 3.05) is 0 Å². The maximum atomic E-state index is 4.32. The predicted molar refractivity (Wildman–Crippen MR) is 50.0 cm³/mol. The van der Waals surface area contributed by atoms with E-state index in [1.807, 2.05) is 11.7 Å². The first kappa shape index (κ1) is 8.04. The summed E-state index contributed by atoms with van der Waals surface area (Å²) in [5, 5.41) is 4.32. The van der Waals surface area contributed by atoms with Crippen molar-refractivity contribution in [3.63, 3.8) is 0 Å². The Kier molecular flexibility index (Phi) is 2.33. The van der Waals surface area contributed by atoms with Gasteiger partial charge in [0.1, 0.15) is 0 Å². The van der Waals surface area contributed by atoms with Crippen molar-refractivity contribution < 1.29 is 0 Å². The van der Waals surface area contributed by atoms with Crippen LogP contribution in [0.15, 0.2) is 6.07 Å². The quantitative estimate of drug-likeness (QED) is 0.698. The number of hydrogen-bond donors (Lipinski definition) is 0. The highest BCUT2D eigenvalue weighted by molar-refractivity contribution is 14.1. The normalized spacial score (nSPS) is 10.9. The third-order valence-electron chi connectivity index (χ3n) is 1.43. The highest BCUT2D eigenvalue weighted by atomic mass is 127. The summed E-state index contributed by atoms with van der Waals surface area (Å²) in [5.41, 5.74) is 1.17. The van der Waals surface area contributed by atoms with Crippen molar-refractivity contribution in [2.45, 2.75) is 19.8 Å². The molecule has 1 aromatic rings. The maximum absolute atomic E-state index is 4.32. The molecule has 3 heteroatoms. The van der Waals surface area contributed by atoms with Gasteiger partial charge in [-0.3, -0.25) is 4.68 Å². The molecule has 10 heavy (non-hydrogen) atoms. The zero-order valence-corrected chi connectivity index (χ0v) is 8.58. The number of halogens is 1. The Morgan fingerprint density at radius 3 is 2.40 bits per heavy atom. The van der Waals surface area contributed by atoms with Crippen molar-refractivity contribution >= 4 is 22.6 Å². The molecular formula is C7H11IN2. The largest absolute Gasteiger partial charge is 0.262 e. The minimum Gasteiger partial charge on any atom is -0.262 e. The van der Waals surface area contributed by atoms with Crippen LogP contribution in [0, 0.1) is 3.70 Å². The molecule has 0 radical (unpaired) electrons. The van der Waals surface area contributed by atoms with Crippen molar-refractivity contribution in [3.8, 4) is 0 Å². The molecule has 2 nitrogen and oxygen atoms in total. The number of aryl methyl sites for hydroxylation is 1. The fraction of sp³-hybridized carbons (Fsp3) is 0.571. The van der Waals surface area contributed by atoms with Gasteiger partial charge in [0.2, 0.25) is 0 Å². The molecule has 0 saturated carbocycles. The number of aromatic nitrogens is 2. The molecule has 0 unspecified atom stereocenters. The van der Waals surface area contributed by atoms with Crippen LogP contribution in [0.1, 0.15) is 25.5 Å². The molecule has 0 N–H and O–H groups in total. The molecule has 0 aliphatic heterocycles. The molecular weight excluding hydrogens is 239 g/mol. The average molecular weight is 250 g/mol. The third kappa shape index (κ3) is 1.51. The van der Waals surface area contributed by atoms with Gasteiger partial charge in [-0.2, -0.15) is 5.10 Å². The molecule has 0 aliphatic carbocycles. The van der Waals surface area contributed by atoms with E-state index in [9.17, 15) is 0 Å². The Labute approximate surface area is 74.8 Å². The molecule has 0 aromatic carbocycles. The summed E-state index contributed by atoms with van der Waals surface area (Å²) >= 11 is 2.28. The average Bonchev–Trinajstić information content (AvgIpc) is 2.13. The van der Waals surface area contributed by atoms with E-state index in [0.29, 0.717) is 5.92 Å². The summed E-state index contributed by atoms with van der Waals surface area (Å²) in [7, 11) is 1.97. The SMILES string of the molecule is CC(C)c1cc(I)n(C)n1. The molecule has 56 valence electrons. The highest BCUT2D eigenvalue weighted by Crippen LogP contribution is 2.14. The van der Waals surface area contributed by atoms with Gasteiger partial charge in [-0.05, 0) is 34.6 Å². The molecule has 0 aliphatic rings. The lowest BCUT2D eigenvalue weighted by atomic mass is 10.1. The monoisotopic (exact) mass is 250 g/mol. The van der Waals surface area contributed by atoms with Crippen LogP contribution in [-0.2, 0) is 7.05 Å². The van der Waals surface area contributed by atoms with E-state index in [-0.39, 0.29) is 0 Å². The number of rotatable bonds is 1. The molecule has 0 amide bonds. The summed E-state index contributed by atoms with van der Waals surface area (Å²) in [6.07, 6.45) is 0. The summed E-state index contributed by atoms with van der Waals surface area (Å²) in [5.74, 6) is 0.537. The molecule has 0 spiro atoms. The lowest BCUT2D eigenvalue weighted by Crippen LogP contribution is -1.94. The molecule has 0 fully saturated rings. The summed E-state index contributed by atoms with van der Waals surface area (Å²) < 4.78 is 3.09. The Bertz CT molecular complexity index is 208. The van der Waals surface area contributed by atoms with E-state index in [1.165, 1.54) is 9.39 Å². The smallest absolute Gasteiger partial charge is 0.0989 e. The summed E-state index contributed by atoms with van der Waals surface area (Å²) in [4.78, 5) is 0. The standard InChI is InChI=1S/C7H11IN2/c1-5(2)6-4-7(8)10(3)9-6/h4-5H,1-3H3. The van der Waals surface area contributed by atoms with Crippen molar-refractivity contribution in [1.82, 2.24) is 9.78 Å². The number of hydrogen-bond acceptors (Lipinski definition) is 1. The van der Waals surface area contributed by atoms with Gasteiger partial charge in [0, 0.05) is 7.05 Å². The van der Waals surface area contributed by atoms with E-state index in [2.05, 4.69) is 47.6 Å². The summed E-state index contributed by atoms with van der Waals surface area (Å²) in [6.45, 7) is 4.30. The van der Waals surface area contributed by atoms with Crippen molar-refractivity contribution in [3.05, 3.63) is 15.5 Å². The first-order chi connectivity index (χ1) is 4.61. The minimum absolute atomic E-state index is 0.537. The molecule has 0 saturated heterocycles. The second-order valence-corrected chi connectivity index (χ2v) is 3.78. The van der Waals surface area contributed by atoms with E-state index in [0.717, 1.165) is 0 Å². The molecule has 0 bridgehead atoms. The van der Waals surface area contributed by atoms with Gasteiger partial charge in [-0.25, -0.2) is 0 Å². The van der Waals surface area contributed by atoms with Crippen LogP contribution in [0.25, 0.3) is 0 Å². The van der Waals surface area contributed by atoms with Crippen molar-refractivity contribution in [1.29, 1.82) is 0 Å². The fourth-order valence-electron chi connectivity index (χ4n) is 0.747. The van der Waals surface area contributed by atoms with Crippen LogP contribution < -0.4 is 0 Å². The lowest BCUT2D eigenvalue weighted by molar-refractivity contribution is 0.702. The van der Waals surface area contributed by atoms with Crippen LogP contribution >= 0.6 is 22.6 Å². The van der Waals surface area contributed by atoms with E-state index >= 15 is 0 Å². The predicted octanol–water partition coefficient (Wildman–Crippen LogP) is 2.15. The Morgan fingerprint density at radius 2 is 2.20 bits per heavy atom. The Morgan fingerprint density at radius 1 is 1.60 bits per heavy atom. The second kappa shape index (κ2) is 2.90. The first-order valence-electron chi connectivity index (χ1n) is 3.30. The fourth-order valence-corrected chi connectivity index (χ4v) is 1.17. The van der Waals surface area contributed by atoms with Gasteiger partial charge in [0.05, 0.1) is 9.39 Å². The lowest BCUT2D eigenvalue weighted by Gasteiger charge is -1.95. The first-order valence-corrected chi connectivity index (χ1v) is 4.38. The topological polar surface area (TPSA) is 17.8 Å². The van der Waals surface area contributed by atoms with E-state index < -0.39 is 0 Å². The van der Waals surface area contributed by atoms with Gasteiger partial charge >= 0.3 is 0 Å². The van der Waals surface area contributed by atoms with Gasteiger partial charge in [-0.1, -0.05) is 13.8 Å². The maximum Gasteiger partial charge on any atom is 0.0989 e. The molecule has 1 rings (SSSR count). The van der Waals surface area contributed by atoms with Crippen LogP contribution in [0.5, 0.6) is 0 Å². The number of nitrogens with zero attached hydrogens (tertiary/aromatic N) is 2. The molecule has 1 aromatic heterocycles. The Balaban J connectivity index is 2.98. The van der Waals surface area contributed by atoms with E-state index in [1.54, 1.807) is 0 Å². The van der Waals surface area contributed by atoms with Gasteiger partial charge in [0.15, 0.2) is 0 Å². The zero-order valence-electron chi connectivity index (χ0n) is 6.43. The van der Waals surface area contributed by atoms with Crippen LogP contribution in [0.4, 0.5) is 0 Å². The highest BCUT2D eigenvalue weighted by Gasteiger charge is 2.04.